The predicted octanol–water partition coefficient (Wildman–Crippen LogP) is 9.41. The highest BCUT2D eigenvalue weighted by atomic mass is 32.1. The number of carboxylic acid groups (broad SMARTS) is 1. The van der Waals surface area contributed by atoms with E-state index in [1.807, 2.05) is 27.7 Å². The summed E-state index contributed by atoms with van der Waals surface area (Å²) < 4.78 is 6.19. The number of ketones is 1. The van der Waals surface area contributed by atoms with Gasteiger partial charge in [0.05, 0.1) is 10.7 Å². The number of carbonyl (C=O) groups is 2. The fraction of sp³-hybridized carbons (Fsp3) is 0.727. The molecule has 1 N–H and O–H groups in total. The Bertz CT molecular complexity index is 1000. The lowest BCUT2D eigenvalue weighted by Crippen LogP contribution is -2.42. The molecule has 0 saturated carbocycles. The van der Waals surface area contributed by atoms with Gasteiger partial charge in [0.25, 0.3) is 0 Å². The molecule has 0 bridgehead atoms. The molecule has 0 aliphatic heterocycles. The molecule has 4 atom stereocenters. The van der Waals surface area contributed by atoms with Gasteiger partial charge >= 0.3 is 5.97 Å². The van der Waals surface area contributed by atoms with Crippen LogP contribution in [0, 0.1) is 24.2 Å². The molecule has 0 aliphatic rings. The summed E-state index contributed by atoms with van der Waals surface area (Å²) in [4.78, 5) is 30.0. The first-order chi connectivity index (χ1) is 18.5. The molecule has 5 nitrogen and oxygen atoms in total. The van der Waals surface area contributed by atoms with Crippen molar-refractivity contribution in [3.8, 4) is 0 Å². The van der Waals surface area contributed by atoms with Gasteiger partial charge in [-0.2, -0.15) is 0 Å². The van der Waals surface area contributed by atoms with Crippen LogP contribution in [-0.2, 0) is 14.0 Å². The van der Waals surface area contributed by atoms with Crippen molar-refractivity contribution in [2.24, 2.45) is 17.3 Å². The van der Waals surface area contributed by atoms with Gasteiger partial charge in [-0.25, -0.2) is 9.78 Å². The van der Waals surface area contributed by atoms with E-state index in [0.717, 1.165) is 55.3 Å². The number of carbonyl (C=O) groups excluding carboxylic acids is 1. The number of allylic oxidation sites excluding steroid dienone is 3. The molecule has 0 amide bonds. The molecule has 1 aromatic heterocycles. The van der Waals surface area contributed by atoms with Crippen molar-refractivity contribution < 1.29 is 19.1 Å². The van der Waals surface area contributed by atoms with Crippen molar-refractivity contribution in [1.29, 1.82) is 0 Å². The van der Waals surface area contributed by atoms with Crippen LogP contribution in [0.15, 0.2) is 22.6 Å². The maximum atomic E-state index is 13.4. The van der Waals surface area contributed by atoms with Gasteiger partial charge in [0.15, 0.2) is 9.04 Å². The van der Waals surface area contributed by atoms with Crippen molar-refractivity contribution in [1.82, 2.24) is 4.98 Å². The summed E-state index contributed by atoms with van der Waals surface area (Å²) >= 11 is 1.69. The molecule has 0 radical (unpaired) electrons. The van der Waals surface area contributed by atoms with Gasteiger partial charge in [0.2, 0.25) is 0 Å². The Morgan fingerprint density at radius 1 is 1.12 bits per heavy atom. The molecule has 40 heavy (non-hydrogen) atoms. The molecule has 0 aromatic carbocycles. The van der Waals surface area contributed by atoms with Crippen LogP contribution in [0.2, 0.25) is 11.1 Å². The lowest BCUT2D eigenvalue weighted by molar-refractivity contribution is -0.148. The minimum Gasteiger partial charge on any atom is -0.479 e. The quantitative estimate of drug-likeness (QED) is 0.136. The van der Waals surface area contributed by atoms with Crippen molar-refractivity contribution in [3.63, 3.8) is 0 Å². The second-order valence-electron chi connectivity index (χ2n) is 13.7. The van der Waals surface area contributed by atoms with Crippen LogP contribution >= 0.6 is 11.3 Å². The van der Waals surface area contributed by atoms with Gasteiger partial charge in [0.1, 0.15) is 11.9 Å². The number of thiazole rings is 1. The van der Waals surface area contributed by atoms with Crippen LogP contribution in [0.5, 0.6) is 0 Å². The Kier molecular flexibility index (Phi) is 15.3. The number of rotatable bonds is 18. The smallest absolute Gasteiger partial charge is 0.331 e. The maximum absolute atomic E-state index is 13.4. The van der Waals surface area contributed by atoms with Gasteiger partial charge in [-0.3, -0.25) is 4.79 Å². The zero-order valence-corrected chi connectivity index (χ0v) is 29.2. The lowest BCUT2D eigenvalue weighted by Gasteiger charge is -2.34. The average Bonchev–Trinajstić information content (AvgIpc) is 3.24. The summed E-state index contributed by atoms with van der Waals surface area (Å²) in [6, 6.07) is 0.869. The first kappa shape index (κ1) is 36.5. The van der Waals surface area contributed by atoms with Crippen molar-refractivity contribution >= 4 is 38.2 Å². The molecular weight excluding hydrogens is 535 g/mol. The Balaban J connectivity index is 2.53. The van der Waals surface area contributed by atoms with Gasteiger partial charge in [-0.1, -0.05) is 79.0 Å². The van der Waals surface area contributed by atoms with E-state index in [0.29, 0.717) is 5.92 Å². The lowest BCUT2D eigenvalue weighted by atomic mass is 9.75. The molecule has 1 aromatic rings. The fourth-order valence-corrected chi connectivity index (χ4v) is 8.52. The number of hydrogen-bond acceptors (Lipinski definition) is 5. The fourth-order valence-electron chi connectivity index (χ4n) is 5.51. The third-order valence-electron chi connectivity index (χ3n) is 7.84. The van der Waals surface area contributed by atoms with Crippen molar-refractivity contribution in [2.75, 3.05) is 0 Å². The zero-order valence-electron chi connectivity index (χ0n) is 27.2. The van der Waals surface area contributed by atoms with Gasteiger partial charge < -0.3 is 9.53 Å². The molecule has 1 unspecified atom stereocenters. The van der Waals surface area contributed by atoms with Crippen LogP contribution < -0.4 is 0 Å². The standard InChI is InChI=1S/C33H57NO4SSi/c1-12-40(32(7,8)9)38-29(31(36)37)21-33(10,11)30(35)26(5)19-24(3)17-13-15-23(2)16-14-18-25(4)20-28-22-39-27(6)34-28/h16,20,22,24,26,29,40H,12-15,17-19,21H2,1-11H3,(H,36,37)/b23-16+,25-20+/t24-,26-,29+,40?/m0/s1. The Morgan fingerprint density at radius 2 is 1.77 bits per heavy atom. The Labute approximate surface area is 250 Å². The topological polar surface area (TPSA) is 76.5 Å². The third-order valence-corrected chi connectivity index (χ3v) is 12.0. The number of nitrogens with zero attached hydrogens (tertiary/aromatic N) is 1. The minimum atomic E-state index is -1.73. The van der Waals surface area contributed by atoms with Crippen LogP contribution in [0.1, 0.15) is 125 Å². The van der Waals surface area contributed by atoms with E-state index < -0.39 is 26.5 Å². The summed E-state index contributed by atoms with van der Waals surface area (Å²) in [5, 5.41) is 13.1. The zero-order chi connectivity index (χ0) is 30.7. The highest BCUT2D eigenvalue weighted by Crippen LogP contribution is 2.35. The average molecular weight is 592 g/mol. The molecule has 0 fully saturated rings. The molecule has 1 heterocycles. The molecule has 7 heteroatoms. The normalized spacial score (nSPS) is 16.5. The van der Waals surface area contributed by atoms with Crippen LogP contribution in [0.4, 0.5) is 0 Å². The van der Waals surface area contributed by atoms with Crippen LogP contribution in [0.25, 0.3) is 6.08 Å². The molecule has 0 saturated heterocycles. The minimum absolute atomic E-state index is 0.0238. The number of hydrogen-bond donors (Lipinski definition) is 1. The summed E-state index contributed by atoms with van der Waals surface area (Å²) in [5.74, 6) is -0.471. The van der Waals surface area contributed by atoms with E-state index in [-0.39, 0.29) is 23.2 Å². The van der Waals surface area contributed by atoms with Gasteiger partial charge in [-0.05, 0) is 82.4 Å². The van der Waals surface area contributed by atoms with E-state index in [9.17, 15) is 14.7 Å². The number of Topliss-reactive ketones (excluding diaryl/α,β-unsaturated/α-hetero) is 1. The van der Waals surface area contributed by atoms with Gasteiger partial charge in [0, 0.05) is 16.7 Å². The molecule has 0 aliphatic carbocycles. The maximum Gasteiger partial charge on any atom is 0.331 e. The summed E-state index contributed by atoms with van der Waals surface area (Å²) in [6.45, 7) is 22.9. The monoisotopic (exact) mass is 591 g/mol. The number of aromatic nitrogens is 1. The molecule has 228 valence electrons. The summed E-state index contributed by atoms with van der Waals surface area (Å²) in [7, 11) is -1.73. The first-order valence-electron chi connectivity index (χ1n) is 15.1. The van der Waals surface area contributed by atoms with E-state index in [1.165, 1.54) is 11.1 Å². The predicted molar refractivity (Wildman–Crippen MR) is 174 cm³/mol. The number of aliphatic carboxylic acids is 1. The van der Waals surface area contributed by atoms with Crippen LogP contribution in [0.3, 0.4) is 0 Å². The first-order valence-corrected chi connectivity index (χ1v) is 17.9. The van der Waals surface area contributed by atoms with Crippen molar-refractivity contribution in [3.05, 3.63) is 33.3 Å². The summed E-state index contributed by atoms with van der Waals surface area (Å²) in [5.41, 5.74) is 3.11. The number of carboxylic acids is 1. The number of aryl methyl sites for hydroxylation is 1. The van der Waals surface area contributed by atoms with E-state index in [4.69, 9.17) is 4.43 Å². The summed E-state index contributed by atoms with van der Waals surface area (Å²) in [6.07, 6.45) is 10.0. The molecule has 0 spiro atoms. The molecular formula is C33H57NO4SSi. The third kappa shape index (κ3) is 13.4. The Morgan fingerprint density at radius 3 is 2.30 bits per heavy atom. The molecule has 1 rings (SSSR count). The van der Waals surface area contributed by atoms with E-state index in [1.54, 1.807) is 11.3 Å². The van der Waals surface area contributed by atoms with Crippen LogP contribution in [-0.4, -0.2) is 37.0 Å². The van der Waals surface area contributed by atoms with E-state index >= 15 is 0 Å². The SMILES string of the molecule is CC[SiH](O[C@H](CC(C)(C)C(=O)[C@@H](C)C[C@@H](C)CCC/C(C)=C/CC/C(C)=C/c1csc(C)n1)C(=O)O)C(C)(C)C. The second-order valence-corrected chi connectivity index (χ2v) is 18.5. The van der Waals surface area contributed by atoms with Gasteiger partial charge in [-0.15, -0.1) is 11.3 Å². The largest absolute Gasteiger partial charge is 0.479 e. The second kappa shape index (κ2) is 16.8. The highest BCUT2D eigenvalue weighted by molar-refractivity contribution is 7.09. The highest BCUT2D eigenvalue weighted by Gasteiger charge is 2.39. The van der Waals surface area contributed by atoms with E-state index in [2.05, 4.69) is 71.0 Å². The Hall–Kier alpha value is -1.57. The van der Waals surface area contributed by atoms with Crippen molar-refractivity contribution in [2.45, 2.75) is 138 Å².